The molecule has 3 heteroatoms. The predicted octanol–water partition coefficient (Wildman–Crippen LogP) is 3.78. The maximum atomic E-state index is 5.83. The van der Waals surface area contributed by atoms with Gasteiger partial charge < -0.3 is 10.1 Å². The van der Waals surface area contributed by atoms with Crippen LogP contribution in [0.5, 0.6) is 0 Å². The van der Waals surface area contributed by atoms with Crippen molar-refractivity contribution in [3.63, 3.8) is 0 Å². The van der Waals surface area contributed by atoms with Gasteiger partial charge in [-0.15, -0.1) is 0 Å². The molecule has 1 aliphatic carbocycles. The second-order valence-electron chi connectivity index (χ2n) is 4.97. The maximum Gasteiger partial charge on any atom is 0.0717 e. The zero-order chi connectivity index (χ0) is 12.6. The third-order valence-corrected chi connectivity index (χ3v) is 3.72. The van der Waals surface area contributed by atoms with Gasteiger partial charge in [-0.05, 0) is 30.5 Å². The molecule has 0 amide bonds. The van der Waals surface area contributed by atoms with Crippen LogP contribution in [0, 0.1) is 0 Å². The SMILES string of the molecule is Clc1ccc(COCCNC2CCCCC2)cc1. The van der Waals surface area contributed by atoms with Gasteiger partial charge in [0.15, 0.2) is 0 Å². The molecule has 1 aromatic rings. The molecular formula is C15H22ClNO. The number of halogens is 1. The number of hydrogen-bond acceptors (Lipinski definition) is 2. The Morgan fingerprint density at radius 3 is 2.56 bits per heavy atom. The van der Waals surface area contributed by atoms with Gasteiger partial charge >= 0.3 is 0 Å². The Hall–Kier alpha value is -0.570. The number of ether oxygens (including phenoxy) is 1. The molecule has 1 saturated carbocycles. The number of benzene rings is 1. The first kappa shape index (κ1) is 13.9. The van der Waals surface area contributed by atoms with E-state index < -0.39 is 0 Å². The van der Waals surface area contributed by atoms with Crippen LogP contribution in [-0.2, 0) is 11.3 Å². The van der Waals surface area contributed by atoms with Crippen molar-refractivity contribution < 1.29 is 4.74 Å². The largest absolute Gasteiger partial charge is 0.375 e. The molecule has 18 heavy (non-hydrogen) atoms. The molecule has 2 nitrogen and oxygen atoms in total. The number of rotatable bonds is 6. The number of nitrogens with one attached hydrogen (secondary N) is 1. The minimum absolute atomic E-state index is 0.670. The molecule has 100 valence electrons. The highest BCUT2D eigenvalue weighted by molar-refractivity contribution is 6.30. The highest BCUT2D eigenvalue weighted by atomic mass is 35.5. The number of hydrogen-bond donors (Lipinski definition) is 1. The molecule has 0 aromatic heterocycles. The van der Waals surface area contributed by atoms with Gasteiger partial charge in [-0.2, -0.15) is 0 Å². The topological polar surface area (TPSA) is 21.3 Å². The summed E-state index contributed by atoms with van der Waals surface area (Å²) in [5, 5.41) is 4.35. The van der Waals surface area contributed by atoms with Gasteiger partial charge in [0.05, 0.1) is 13.2 Å². The summed E-state index contributed by atoms with van der Waals surface area (Å²) in [4.78, 5) is 0. The average molecular weight is 268 g/mol. The average Bonchev–Trinajstić information content (AvgIpc) is 2.42. The third kappa shape index (κ3) is 4.97. The summed E-state index contributed by atoms with van der Waals surface area (Å²) in [5.74, 6) is 0. The van der Waals surface area contributed by atoms with E-state index in [1.807, 2.05) is 24.3 Å². The molecule has 0 spiro atoms. The van der Waals surface area contributed by atoms with E-state index in [-0.39, 0.29) is 0 Å². The summed E-state index contributed by atoms with van der Waals surface area (Å²) in [6, 6.07) is 8.55. The first-order chi connectivity index (χ1) is 8.84. The molecule has 1 aromatic carbocycles. The van der Waals surface area contributed by atoms with Gasteiger partial charge in [-0.25, -0.2) is 0 Å². The fourth-order valence-electron chi connectivity index (χ4n) is 2.41. The van der Waals surface area contributed by atoms with Crippen molar-refractivity contribution in [2.24, 2.45) is 0 Å². The van der Waals surface area contributed by atoms with E-state index >= 15 is 0 Å². The molecule has 2 rings (SSSR count). The van der Waals surface area contributed by atoms with Crippen molar-refractivity contribution in [3.8, 4) is 0 Å². The van der Waals surface area contributed by atoms with Gasteiger partial charge in [-0.1, -0.05) is 43.0 Å². The maximum absolute atomic E-state index is 5.83. The van der Waals surface area contributed by atoms with Gasteiger partial charge in [0.2, 0.25) is 0 Å². The fraction of sp³-hybridized carbons (Fsp3) is 0.600. The molecule has 1 aliphatic rings. The van der Waals surface area contributed by atoms with E-state index in [0.717, 1.165) is 24.2 Å². The monoisotopic (exact) mass is 267 g/mol. The summed E-state index contributed by atoms with van der Waals surface area (Å²) in [6.45, 7) is 2.40. The molecule has 1 N–H and O–H groups in total. The molecule has 0 bridgehead atoms. The second kappa shape index (κ2) is 7.78. The molecule has 0 aliphatic heterocycles. The lowest BCUT2D eigenvalue weighted by atomic mass is 9.96. The first-order valence-corrected chi connectivity index (χ1v) is 7.28. The van der Waals surface area contributed by atoms with E-state index in [1.165, 1.54) is 37.7 Å². The molecule has 0 radical (unpaired) electrons. The van der Waals surface area contributed by atoms with E-state index in [0.29, 0.717) is 6.61 Å². The lowest BCUT2D eigenvalue weighted by molar-refractivity contribution is 0.119. The second-order valence-corrected chi connectivity index (χ2v) is 5.40. The van der Waals surface area contributed by atoms with Crippen molar-refractivity contribution in [1.82, 2.24) is 5.32 Å². The summed E-state index contributed by atoms with van der Waals surface area (Å²) < 4.78 is 5.65. The fourth-order valence-corrected chi connectivity index (χ4v) is 2.54. The van der Waals surface area contributed by atoms with E-state index in [4.69, 9.17) is 16.3 Å². The molecule has 0 saturated heterocycles. The van der Waals surface area contributed by atoms with Crippen LogP contribution >= 0.6 is 11.6 Å². The van der Waals surface area contributed by atoms with Crippen molar-refractivity contribution in [2.45, 2.75) is 44.8 Å². The molecular weight excluding hydrogens is 246 g/mol. The summed E-state index contributed by atoms with van der Waals surface area (Å²) in [7, 11) is 0. The minimum Gasteiger partial charge on any atom is -0.375 e. The normalized spacial score (nSPS) is 16.9. The Bertz CT molecular complexity index is 333. The van der Waals surface area contributed by atoms with Gasteiger partial charge in [-0.3, -0.25) is 0 Å². The van der Waals surface area contributed by atoms with Crippen LogP contribution < -0.4 is 5.32 Å². The quantitative estimate of drug-likeness (QED) is 0.792. The van der Waals surface area contributed by atoms with Gasteiger partial charge in [0.25, 0.3) is 0 Å². The van der Waals surface area contributed by atoms with Crippen LogP contribution in [-0.4, -0.2) is 19.2 Å². The molecule has 0 unspecified atom stereocenters. The van der Waals surface area contributed by atoms with Crippen LogP contribution in [0.25, 0.3) is 0 Å². The predicted molar refractivity (Wildman–Crippen MR) is 76.0 cm³/mol. The first-order valence-electron chi connectivity index (χ1n) is 6.90. The zero-order valence-corrected chi connectivity index (χ0v) is 11.6. The van der Waals surface area contributed by atoms with Crippen LogP contribution in [0.2, 0.25) is 5.02 Å². The van der Waals surface area contributed by atoms with Crippen LogP contribution in [0.4, 0.5) is 0 Å². The summed E-state index contributed by atoms with van der Waals surface area (Å²) >= 11 is 5.83. The van der Waals surface area contributed by atoms with Crippen molar-refractivity contribution >= 4 is 11.6 Å². The molecule has 0 atom stereocenters. The summed E-state index contributed by atoms with van der Waals surface area (Å²) in [5.41, 5.74) is 1.18. The minimum atomic E-state index is 0.670. The highest BCUT2D eigenvalue weighted by Gasteiger charge is 2.11. The van der Waals surface area contributed by atoms with E-state index in [1.54, 1.807) is 0 Å². The standard InChI is InChI=1S/C15H22ClNO/c16-14-8-6-13(7-9-14)12-18-11-10-17-15-4-2-1-3-5-15/h6-9,15,17H,1-5,10-12H2. The van der Waals surface area contributed by atoms with Crippen LogP contribution in [0.1, 0.15) is 37.7 Å². The Kier molecular flexibility index (Phi) is 5.98. The van der Waals surface area contributed by atoms with E-state index in [9.17, 15) is 0 Å². The van der Waals surface area contributed by atoms with Gasteiger partial charge in [0, 0.05) is 17.6 Å². The van der Waals surface area contributed by atoms with Crippen LogP contribution in [0.15, 0.2) is 24.3 Å². The van der Waals surface area contributed by atoms with Crippen molar-refractivity contribution in [3.05, 3.63) is 34.9 Å². The lowest BCUT2D eigenvalue weighted by Crippen LogP contribution is -2.33. The van der Waals surface area contributed by atoms with Crippen LogP contribution in [0.3, 0.4) is 0 Å². The summed E-state index contributed by atoms with van der Waals surface area (Å²) in [6.07, 6.45) is 6.83. The highest BCUT2D eigenvalue weighted by Crippen LogP contribution is 2.17. The Balaban J connectivity index is 1.54. The molecule has 0 heterocycles. The van der Waals surface area contributed by atoms with Gasteiger partial charge in [0.1, 0.15) is 0 Å². The van der Waals surface area contributed by atoms with Crippen molar-refractivity contribution in [1.29, 1.82) is 0 Å². The lowest BCUT2D eigenvalue weighted by Gasteiger charge is -2.22. The molecule has 1 fully saturated rings. The van der Waals surface area contributed by atoms with E-state index in [2.05, 4.69) is 5.32 Å². The Morgan fingerprint density at radius 2 is 1.83 bits per heavy atom. The van der Waals surface area contributed by atoms with Crippen molar-refractivity contribution in [2.75, 3.05) is 13.2 Å². The Labute approximate surface area is 115 Å². The smallest absolute Gasteiger partial charge is 0.0717 e. The Morgan fingerprint density at radius 1 is 1.11 bits per heavy atom. The third-order valence-electron chi connectivity index (χ3n) is 3.47. The zero-order valence-electron chi connectivity index (χ0n) is 10.8.